The lowest BCUT2D eigenvalue weighted by Gasteiger charge is -2.36. The molecule has 4 rings (SSSR count). The van der Waals surface area contributed by atoms with Crippen molar-refractivity contribution in [3.05, 3.63) is 72.1 Å². The fourth-order valence-corrected chi connectivity index (χ4v) is 4.27. The number of ether oxygens (including phenoxy) is 1. The average molecular weight is 447 g/mol. The summed E-state index contributed by atoms with van der Waals surface area (Å²) >= 11 is 0. The second-order valence-electron chi connectivity index (χ2n) is 8.55. The highest BCUT2D eigenvalue weighted by molar-refractivity contribution is 5.89. The minimum absolute atomic E-state index is 0.0192. The van der Waals surface area contributed by atoms with Crippen LogP contribution in [-0.2, 0) is 22.6 Å². The molecule has 1 saturated heterocycles. The molecule has 2 amide bonds. The molecule has 2 aromatic carbocycles. The van der Waals surface area contributed by atoms with E-state index in [-0.39, 0.29) is 17.7 Å². The highest BCUT2D eigenvalue weighted by Gasteiger charge is 2.35. The third-order valence-corrected chi connectivity index (χ3v) is 6.05. The van der Waals surface area contributed by atoms with Gasteiger partial charge in [0.15, 0.2) is 0 Å². The van der Waals surface area contributed by atoms with Crippen molar-refractivity contribution in [3.8, 4) is 16.9 Å². The van der Waals surface area contributed by atoms with Gasteiger partial charge in [0.05, 0.1) is 25.3 Å². The van der Waals surface area contributed by atoms with E-state index in [9.17, 15) is 9.59 Å². The van der Waals surface area contributed by atoms with E-state index in [2.05, 4.69) is 16.5 Å². The maximum atomic E-state index is 13.3. The van der Waals surface area contributed by atoms with Crippen LogP contribution in [0.3, 0.4) is 0 Å². The fourth-order valence-electron chi connectivity index (χ4n) is 4.27. The van der Waals surface area contributed by atoms with Crippen LogP contribution < -0.4 is 10.1 Å². The standard InChI is InChI=1S/C26H30N4O3/c1-18(17-29-13-11-19(2)28-29)26(32)30-14-12-27-25(31)24(30)16-20-5-4-6-22(15-20)21-7-9-23(33-3)10-8-21/h4-11,13,15,18,24H,12,14,16-17H2,1-3H3,(H,27,31)/t18-,24-/m1/s1. The number of carbonyl (C=O) groups excluding carboxylic acids is 2. The molecule has 3 aromatic rings. The Morgan fingerprint density at radius 3 is 2.67 bits per heavy atom. The van der Waals surface area contributed by atoms with Gasteiger partial charge in [0.1, 0.15) is 11.8 Å². The van der Waals surface area contributed by atoms with Crippen molar-refractivity contribution >= 4 is 11.8 Å². The largest absolute Gasteiger partial charge is 0.497 e. The van der Waals surface area contributed by atoms with Crippen LogP contribution in [0.2, 0.25) is 0 Å². The van der Waals surface area contributed by atoms with Crippen LogP contribution >= 0.6 is 0 Å². The van der Waals surface area contributed by atoms with Gasteiger partial charge >= 0.3 is 0 Å². The normalized spacial score (nSPS) is 16.9. The summed E-state index contributed by atoms with van der Waals surface area (Å²) in [5.74, 6) is 0.409. The van der Waals surface area contributed by atoms with E-state index >= 15 is 0 Å². The highest BCUT2D eigenvalue weighted by Crippen LogP contribution is 2.25. The van der Waals surface area contributed by atoms with Crippen LogP contribution in [0.25, 0.3) is 11.1 Å². The van der Waals surface area contributed by atoms with Crippen LogP contribution in [0.4, 0.5) is 0 Å². The Kier molecular flexibility index (Phi) is 6.77. The lowest BCUT2D eigenvalue weighted by Crippen LogP contribution is -2.59. The van der Waals surface area contributed by atoms with Gasteiger partial charge in [-0.05, 0) is 41.8 Å². The first kappa shape index (κ1) is 22.6. The zero-order valence-electron chi connectivity index (χ0n) is 19.3. The van der Waals surface area contributed by atoms with Gasteiger partial charge in [0.2, 0.25) is 11.8 Å². The molecule has 1 aliphatic rings. The van der Waals surface area contributed by atoms with Gasteiger partial charge in [-0.3, -0.25) is 14.3 Å². The van der Waals surface area contributed by atoms with Crippen molar-refractivity contribution in [2.24, 2.45) is 5.92 Å². The number of aromatic nitrogens is 2. The monoisotopic (exact) mass is 446 g/mol. The second-order valence-corrected chi connectivity index (χ2v) is 8.55. The lowest BCUT2D eigenvalue weighted by molar-refractivity contribution is -0.146. The number of hydrogen-bond acceptors (Lipinski definition) is 4. The van der Waals surface area contributed by atoms with Crippen LogP contribution in [-0.4, -0.2) is 52.7 Å². The Bertz CT molecular complexity index is 1120. The van der Waals surface area contributed by atoms with Gasteiger partial charge in [-0.2, -0.15) is 5.10 Å². The van der Waals surface area contributed by atoms with E-state index in [0.29, 0.717) is 26.1 Å². The average Bonchev–Trinajstić information content (AvgIpc) is 3.24. The molecule has 2 atom stereocenters. The van der Waals surface area contributed by atoms with E-state index in [4.69, 9.17) is 4.74 Å². The van der Waals surface area contributed by atoms with Gasteiger partial charge < -0.3 is 15.0 Å². The number of rotatable bonds is 7. The Hall–Kier alpha value is -3.61. The number of nitrogens with one attached hydrogen (secondary N) is 1. The molecule has 2 heterocycles. The fraction of sp³-hybridized carbons (Fsp3) is 0.346. The summed E-state index contributed by atoms with van der Waals surface area (Å²) in [4.78, 5) is 27.8. The number of aryl methyl sites for hydroxylation is 1. The topological polar surface area (TPSA) is 76.5 Å². The van der Waals surface area contributed by atoms with Gasteiger partial charge in [-0.15, -0.1) is 0 Å². The molecular formula is C26H30N4O3. The minimum Gasteiger partial charge on any atom is -0.497 e. The predicted molar refractivity (Wildman–Crippen MR) is 127 cm³/mol. The quantitative estimate of drug-likeness (QED) is 0.605. The summed E-state index contributed by atoms with van der Waals surface area (Å²) in [5.41, 5.74) is 4.06. The smallest absolute Gasteiger partial charge is 0.243 e. The Morgan fingerprint density at radius 2 is 1.97 bits per heavy atom. The number of nitrogens with zero attached hydrogens (tertiary/aromatic N) is 3. The predicted octanol–water partition coefficient (Wildman–Crippen LogP) is 3.07. The Morgan fingerprint density at radius 1 is 1.18 bits per heavy atom. The van der Waals surface area contributed by atoms with E-state index in [0.717, 1.165) is 28.1 Å². The Balaban J connectivity index is 1.51. The molecular weight excluding hydrogens is 416 g/mol. The molecule has 7 heteroatoms. The zero-order valence-corrected chi connectivity index (χ0v) is 19.3. The molecule has 0 saturated carbocycles. The molecule has 0 unspecified atom stereocenters. The van der Waals surface area contributed by atoms with Gasteiger partial charge in [0.25, 0.3) is 0 Å². The van der Waals surface area contributed by atoms with Crippen LogP contribution in [0.15, 0.2) is 60.8 Å². The summed E-state index contributed by atoms with van der Waals surface area (Å²) in [5, 5.41) is 7.31. The molecule has 0 bridgehead atoms. The molecule has 0 radical (unpaired) electrons. The molecule has 0 spiro atoms. The van der Waals surface area contributed by atoms with E-state index in [1.54, 1.807) is 16.7 Å². The summed E-state index contributed by atoms with van der Waals surface area (Å²) in [6.07, 6.45) is 2.35. The van der Waals surface area contributed by atoms with Crippen LogP contribution in [0, 0.1) is 12.8 Å². The third kappa shape index (κ3) is 5.25. The molecule has 7 nitrogen and oxygen atoms in total. The molecule has 0 aliphatic carbocycles. The first-order valence-electron chi connectivity index (χ1n) is 11.3. The van der Waals surface area contributed by atoms with E-state index in [1.165, 1.54) is 0 Å². The van der Waals surface area contributed by atoms with Crippen molar-refractivity contribution in [1.82, 2.24) is 20.0 Å². The van der Waals surface area contributed by atoms with Crippen LogP contribution in [0.1, 0.15) is 18.2 Å². The lowest BCUT2D eigenvalue weighted by atomic mass is 9.96. The SMILES string of the molecule is COc1ccc(-c2cccc(C[C@@H]3C(=O)NCCN3C(=O)[C@H](C)Cn3ccc(C)n3)c2)cc1. The number of methoxy groups -OCH3 is 1. The highest BCUT2D eigenvalue weighted by atomic mass is 16.5. The van der Waals surface area contributed by atoms with E-state index in [1.807, 2.05) is 68.6 Å². The van der Waals surface area contributed by atoms with Crippen molar-refractivity contribution in [3.63, 3.8) is 0 Å². The van der Waals surface area contributed by atoms with Gasteiger partial charge in [-0.25, -0.2) is 0 Å². The first-order chi connectivity index (χ1) is 15.9. The number of piperazine rings is 1. The van der Waals surface area contributed by atoms with Crippen molar-refractivity contribution in [2.75, 3.05) is 20.2 Å². The first-order valence-corrected chi connectivity index (χ1v) is 11.3. The van der Waals surface area contributed by atoms with Crippen molar-refractivity contribution < 1.29 is 14.3 Å². The number of hydrogen-bond donors (Lipinski definition) is 1. The van der Waals surface area contributed by atoms with Gasteiger partial charge in [-0.1, -0.05) is 43.3 Å². The zero-order chi connectivity index (χ0) is 23.4. The maximum Gasteiger partial charge on any atom is 0.243 e. The molecule has 33 heavy (non-hydrogen) atoms. The number of benzene rings is 2. The van der Waals surface area contributed by atoms with Crippen LogP contribution in [0.5, 0.6) is 5.75 Å². The number of amides is 2. The molecule has 1 N–H and O–H groups in total. The van der Waals surface area contributed by atoms with E-state index < -0.39 is 6.04 Å². The van der Waals surface area contributed by atoms with Gasteiger partial charge in [0, 0.05) is 25.7 Å². The Labute approximate surface area is 194 Å². The summed E-state index contributed by atoms with van der Waals surface area (Å²) in [6.45, 7) is 5.29. The summed E-state index contributed by atoms with van der Waals surface area (Å²) in [7, 11) is 1.65. The van der Waals surface area contributed by atoms with Crippen molar-refractivity contribution in [2.45, 2.75) is 32.9 Å². The third-order valence-electron chi connectivity index (χ3n) is 6.05. The number of carbonyl (C=O) groups is 2. The summed E-state index contributed by atoms with van der Waals surface area (Å²) < 4.78 is 7.03. The molecule has 1 aromatic heterocycles. The molecule has 172 valence electrons. The minimum atomic E-state index is -0.529. The summed E-state index contributed by atoms with van der Waals surface area (Å²) in [6, 6.07) is 17.4. The molecule has 1 fully saturated rings. The van der Waals surface area contributed by atoms with Crippen molar-refractivity contribution in [1.29, 1.82) is 0 Å². The maximum absolute atomic E-state index is 13.3. The molecule has 1 aliphatic heterocycles. The second kappa shape index (κ2) is 9.90.